The summed E-state index contributed by atoms with van der Waals surface area (Å²) in [5.41, 5.74) is 10.4. The summed E-state index contributed by atoms with van der Waals surface area (Å²) in [6.07, 6.45) is 6.03. The van der Waals surface area contributed by atoms with Crippen molar-refractivity contribution in [1.29, 1.82) is 0 Å². The van der Waals surface area contributed by atoms with Crippen molar-refractivity contribution in [3.05, 3.63) is 51.0 Å². The third-order valence-electron chi connectivity index (χ3n) is 6.17. The van der Waals surface area contributed by atoms with E-state index in [-0.39, 0.29) is 5.91 Å². The first-order chi connectivity index (χ1) is 13.7. The van der Waals surface area contributed by atoms with Crippen LogP contribution < -0.4 is 5.73 Å². The molecule has 0 unspecified atom stereocenters. The van der Waals surface area contributed by atoms with Crippen molar-refractivity contribution >= 4 is 17.2 Å². The number of carbonyl (C=O) groups is 1. The molecule has 28 heavy (non-hydrogen) atoms. The molecular weight excluding hydrogens is 368 g/mol. The van der Waals surface area contributed by atoms with Crippen molar-refractivity contribution < 1.29 is 4.79 Å². The van der Waals surface area contributed by atoms with Crippen molar-refractivity contribution in [3.63, 3.8) is 0 Å². The van der Waals surface area contributed by atoms with Gasteiger partial charge in [0.1, 0.15) is 0 Å². The number of hydrogen-bond acceptors (Lipinski definition) is 5. The van der Waals surface area contributed by atoms with E-state index in [4.69, 9.17) is 5.73 Å². The first kappa shape index (κ1) is 19.6. The van der Waals surface area contributed by atoms with E-state index in [2.05, 4.69) is 34.3 Å². The second-order valence-electron chi connectivity index (χ2n) is 7.99. The Morgan fingerprint density at radius 3 is 2.79 bits per heavy atom. The Morgan fingerprint density at radius 1 is 1.29 bits per heavy atom. The molecule has 0 saturated carbocycles. The number of hydrogen-bond donors (Lipinski definition) is 1. The number of likely N-dealkylation sites (tertiary alicyclic amines) is 1. The van der Waals surface area contributed by atoms with Crippen LogP contribution in [0.25, 0.3) is 0 Å². The Hall–Kier alpha value is -1.76. The van der Waals surface area contributed by atoms with Gasteiger partial charge in [0.05, 0.1) is 11.3 Å². The number of nitrogens with zero attached hydrogens (tertiary/aromatic N) is 3. The van der Waals surface area contributed by atoms with Crippen molar-refractivity contribution in [2.24, 2.45) is 11.7 Å². The molecule has 0 bridgehead atoms. The highest BCUT2D eigenvalue weighted by atomic mass is 32.1. The second-order valence-corrected chi connectivity index (χ2v) is 8.96. The predicted octanol–water partition coefficient (Wildman–Crippen LogP) is 3.07. The molecule has 0 aromatic carbocycles. The first-order valence-electron chi connectivity index (χ1n) is 10.4. The number of aryl methyl sites for hydroxylation is 1. The molecule has 2 aromatic heterocycles. The summed E-state index contributed by atoms with van der Waals surface area (Å²) >= 11 is 1.74. The number of piperidine rings is 1. The average molecular weight is 399 g/mol. The molecule has 150 valence electrons. The lowest BCUT2D eigenvalue weighted by Gasteiger charge is -2.32. The lowest BCUT2D eigenvalue weighted by atomic mass is 9.96. The molecule has 4 rings (SSSR count). The smallest absolute Gasteiger partial charge is 0.254 e. The van der Waals surface area contributed by atoms with Crippen molar-refractivity contribution in [2.75, 3.05) is 26.2 Å². The Bertz CT molecular complexity index is 808. The number of aromatic nitrogens is 1. The minimum atomic E-state index is 0.221. The Balaban J connectivity index is 1.39. The SMILES string of the molecule is CCc1ccc(CN2CCc3c(C(=O)N4CCC(CN)CC4)csc3C2)nc1. The van der Waals surface area contributed by atoms with E-state index in [9.17, 15) is 4.79 Å². The van der Waals surface area contributed by atoms with Crippen LogP contribution in [-0.2, 0) is 25.9 Å². The van der Waals surface area contributed by atoms with Gasteiger partial charge in [-0.2, -0.15) is 0 Å². The van der Waals surface area contributed by atoms with Crippen LogP contribution in [0.3, 0.4) is 0 Å². The maximum atomic E-state index is 13.0. The quantitative estimate of drug-likeness (QED) is 0.841. The molecule has 2 aromatic rings. The molecule has 1 amide bonds. The van der Waals surface area contributed by atoms with Crippen LogP contribution in [0.15, 0.2) is 23.7 Å². The van der Waals surface area contributed by atoms with Crippen LogP contribution in [0.5, 0.6) is 0 Å². The predicted molar refractivity (Wildman–Crippen MR) is 113 cm³/mol. The van der Waals surface area contributed by atoms with Gasteiger partial charge in [-0.1, -0.05) is 13.0 Å². The van der Waals surface area contributed by atoms with Gasteiger partial charge in [-0.25, -0.2) is 0 Å². The minimum Gasteiger partial charge on any atom is -0.339 e. The fourth-order valence-electron chi connectivity index (χ4n) is 4.22. The molecule has 2 aliphatic rings. The third kappa shape index (κ3) is 4.14. The zero-order valence-electron chi connectivity index (χ0n) is 16.7. The third-order valence-corrected chi connectivity index (χ3v) is 7.18. The van der Waals surface area contributed by atoms with E-state index in [1.165, 1.54) is 16.0 Å². The van der Waals surface area contributed by atoms with Gasteiger partial charge in [-0.3, -0.25) is 14.7 Å². The summed E-state index contributed by atoms with van der Waals surface area (Å²) in [7, 11) is 0. The van der Waals surface area contributed by atoms with E-state index in [0.29, 0.717) is 5.92 Å². The van der Waals surface area contributed by atoms with Crippen LogP contribution in [0, 0.1) is 5.92 Å². The number of rotatable bonds is 5. The summed E-state index contributed by atoms with van der Waals surface area (Å²) in [6.45, 7) is 7.35. The lowest BCUT2D eigenvalue weighted by molar-refractivity contribution is 0.0692. The fraction of sp³-hybridized carbons (Fsp3) is 0.545. The largest absolute Gasteiger partial charge is 0.339 e. The van der Waals surface area contributed by atoms with Gasteiger partial charge in [0.25, 0.3) is 5.91 Å². The number of nitrogens with two attached hydrogens (primary N) is 1. The Labute approximate surface area is 171 Å². The van der Waals surface area contributed by atoms with Crippen LogP contribution in [0.4, 0.5) is 0 Å². The summed E-state index contributed by atoms with van der Waals surface area (Å²) in [5, 5.41) is 2.08. The maximum Gasteiger partial charge on any atom is 0.254 e. The molecular formula is C22H30N4OS. The van der Waals surface area contributed by atoms with Crippen LogP contribution >= 0.6 is 11.3 Å². The van der Waals surface area contributed by atoms with E-state index in [0.717, 1.165) is 76.2 Å². The average Bonchev–Trinajstić information content (AvgIpc) is 3.17. The van der Waals surface area contributed by atoms with Gasteiger partial charge in [0.15, 0.2) is 0 Å². The number of amides is 1. The normalized spacial score (nSPS) is 18.3. The van der Waals surface area contributed by atoms with Gasteiger partial charge in [-0.05, 0) is 55.3 Å². The van der Waals surface area contributed by atoms with Crippen LogP contribution in [-0.4, -0.2) is 46.9 Å². The van der Waals surface area contributed by atoms with Crippen molar-refractivity contribution in [3.8, 4) is 0 Å². The van der Waals surface area contributed by atoms with Gasteiger partial charge >= 0.3 is 0 Å². The van der Waals surface area contributed by atoms with Gasteiger partial charge in [0.2, 0.25) is 0 Å². The van der Waals surface area contributed by atoms with Crippen molar-refractivity contribution in [2.45, 2.75) is 45.7 Å². The highest BCUT2D eigenvalue weighted by molar-refractivity contribution is 7.10. The Kier molecular flexibility index (Phi) is 6.09. The molecule has 4 heterocycles. The summed E-state index contributed by atoms with van der Waals surface area (Å²) in [6, 6.07) is 4.32. The minimum absolute atomic E-state index is 0.221. The van der Waals surface area contributed by atoms with Gasteiger partial charge in [-0.15, -0.1) is 11.3 Å². The van der Waals surface area contributed by atoms with Gasteiger partial charge < -0.3 is 10.6 Å². The molecule has 2 N–H and O–H groups in total. The summed E-state index contributed by atoms with van der Waals surface area (Å²) < 4.78 is 0. The molecule has 0 atom stereocenters. The number of fused-ring (bicyclic) bond motifs is 1. The summed E-state index contributed by atoms with van der Waals surface area (Å²) in [4.78, 5) is 23.4. The highest BCUT2D eigenvalue weighted by Crippen LogP contribution is 2.31. The van der Waals surface area contributed by atoms with E-state index < -0.39 is 0 Å². The van der Waals surface area contributed by atoms with Crippen molar-refractivity contribution in [1.82, 2.24) is 14.8 Å². The molecule has 1 fully saturated rings. The topological polar surface area (TPSA) is 62.5 Å². The highest BCUT2D eigenvalue weighted by Gasteiger charge is 2.28. The van der Waals surface area contributed by atoms with E-state index >= 15 is 0 Å². The van der Waals surface area contributed by atoms with Gasteiger partial charge in [0, 0.05) is 49.2 Å². The monoisotopic (exact) mass is 398 g/mol. The molecule has 5 nitrogen and oxygen atoms in total. The molecule has 0 spiro atoms. The second kappa shape index (κ2) is 8.72. The van der Waals surface area contributed by atoms with E-state index in [1.807, 2.05) is 11.1 Å². The van der Waals surface area contributed by atoms with Crippen LogP contribution in [0.2, 0.25) is 0 Å². The number of pyridine rings is 1. The lowest BCUT2D eigenvalue weighted by Crippen LogP contribution is -2.40. The molecule has 6 heteroatoms. The molecule has 0 aliphatic carbocycles. The molecule has 1 saturated heterocycles. The Morgan fingerprint density at radius 2 is 2.11 bits per heavy atom. The van der Waals surface area contributed by atoms with Crippen LogP contribution in [0.1, 0.15) is 51.8 Å². The zero-order valence-corrected chi connectivity index (χ0v) is 17.5. The fourth-order valence-corrected chi connectivity index (χ4v) is 5.34. The van der Waals surface area contributed by atoms with E-state index in [1.54, 1.807) is 11.3 Å². The first-order valence-corrected chi connectivity index (χ1v) is 11.3. The number of thiophene rings is 1. The summed E-state index contributed by atoms with van der Waals surface area (Å²) in [5.74, 6) is 0.798. The molecule has 0 radical (unpaired) electrons. The molecule has 2 aliphatic heterocycles. The zero-order chi connectivity index (χ0) is 19.5. The number of carbonyl (C=O) groups excluding carboxylic acids is 1. The standard InChI is InChI=1S/C22H30N4OS/c1-2-16-3-4-18(24-12-16)13-25-8-7-19-20(15-28-21(19)14-25)22(27)26-9-5-17(11-23)6-10-26/h3-4,12,15,17H,2,5-11,13-14,23H2,1H3. The maximum absolute atomic E-state index is 13.0.